The zero-order valence-electron chi connectivity index (χ0n) is 21.0. The molecule has 0 bridgehead atoms. The van der Waals surface area contributed by atoms with Crippen LogP contribution in [0, 0.1) is 0 Å². The van der Waals surface area contributed by atoms with Gasteiger partial charge >= 0.3 is 5.69 Å². The number of carbonyl (C=O) groups excluding carboxylic acids is 1. The molecule has 3 heterocycles. The molecule has 3 aromatic rings. The van der Waals surface area contributed by atoms with Crippen molar-refractivity contribution in [3.63, 3.8) is 0 Å². The first-order chi connectivity index (χ1) is 18.0. The first kappa shape index (κ1) is 25.0. The van der Waals surface area contributed by atoms with E-state index < -0.39 is 5.56 Å². The van der Waals surface area contributed by atoms with E-state index in [4.69, 9.17) is 10.5 Å². The van der Waals surface area contributed by atoms with E-state index in [1.807, 2.05) is 24.3 Å². The van der Waals surface area contributed by atoms with Crippen LogP contribution in [0.15, 0.2) is 33.9 Å². The van der Waals surface area contributed by atoms with E-state index in [0.29, 0.717) is 36.8 Å². The summed E-state index contributed by atoms with van der Waals surface area (Å²) >= 11 is 0. The molecule has 12 heteroatoms. The zero-order valence-corrected chi connectivity index (χ0v) is 21.0. The predicted octanol–water partition coefficient (Wildman–Crippen LogP) is 0.149. The van der Waals surface area contributed by atoms with E-state index in [2.05, 4.69) is 20.1 Å². The molecule has 0 spiro atoms. The van der Waals surface area contributed by atoms with Crippen molar-refractivity contribution < 1.29 is 9.53 Å². The van der Waals surface area contributed by atoms with Crippen LogP contribution in [-0.4, -0.2) is 85.9 Å². The quantitative estimate of drug-likeness (QED) is 0.472. The Balaban J connectivity index is 1.26. The third kappa shape index (κ3) is 5.12. The molecule has 196 valence electrons. The molecule has 2 N–H and O–H groups in total. The highest BCUT2D eigenvalue weighted by Crippen LogP contribution is 2.29. The summed E-state index contributed by atoms with van der Waals surface area (Å²) < 4.78 is 8.58. The number of benzene rings is 1. The minimum atomic E-state index is -0.474. The van der Waals surface area contributed by atoms with Gasteiger partial charge in [0.1, 0.15) is 12.4 Å². The van der Waals surface area contributed by atoms with Crippen molar-refractivity contribution in [2.75, 3.05) is 45.9 Å². The first-order valence-corrected chi connectivity index (χ1v) is 12.8. The van der Waals surface area contributed by atoms with Gasteiger partial charge in [-0.3, -0.25) is 23.6 Å². The fourth-order valence-electron chi connectivity index (χ4n) is 5.08. The average molecular weight is 509 g/mol. The second-order valence-corrected chi connectivity index (χ2v) is 9.56. The third-order valence-electron chi connectivity index (χ3n) is 7.28. The van der Waals surface area contributed by atoms with Gasteiger partial charge in [0.25, 0.3) is 5.56 Å². The number of nitrogens with two attached hydrogens (primary N) is 1. The number of rotatable bonds is 7. The van der Waals surface area contributed by atoms with Gasteiger partial charge in [0.15, 0.2) is 17.0 Å². The number of carbonyl (C=O) groups is 1. The first-order valence-electron chi connectivity index (χ1n) is 12.8. The van der Waals surface area contributed by atoms with Crippen molar-refractivity contribution >= 4 is 17.1 Å². The maximum Gasteiger partial charge on any atom is 0.332 e. The van der Waals surface area contributed by atoms with E-state index >= 15 is 0 Å². The standard InChI is InChI=1S/C25H32N8O4/c1-30-24(35)21-23(33(25(30)36)18-4-2-3-5-18)29-28-22(27-21)17-6-8-19(9-7-17)37-15-14-31-10-12-32(13-11-31)20(34)16-26/h6-9,18H,2-5,10-16,26H2,1H3. The van der Waals surface area contributed by atoms with Gasteiger partial charge < -0.3 is 15.4 Å². The Bertz CT molecular complexity index is 1390. The molecule has 2 aliphatic rings. The van der Waals surface area contributed by atoms with Gasteiger partial charge in [-0.2, -0.15) is 0 Å². The normalized spacial score (nSPS) is 17.0. The molecule has 2 fully saturated rings. The predicted molar refractivity (Wildman–Crippen MR) is 137 cm³/mol. The van der Waals surface area contributed by atoms with Crippen molar-refractivity contribution in [3.8, 4) is 17.1 Å². The fourth-order valence-corrected chi connectivity index (χ4v) is 5.08. The summed E-state index contributed by atoms with van der Waals surface area (Å²) in [7, 11) is 1.48. The van der Waals surface area contributed by atoms with Crippen molar-refractivity contribution in [3.05, 3.63) is 45.1 Å². The Labute approximate surface area is 213 Å². The van der Waals surface area contributed by atoms with Crippen molar-refractivity contribution in [1.82, 2.24) is 34.1 Å². The minimum Gasteiger partial charge on any atom is -0.492 e. The SMILES string of the molecule is Cn1c(=O)c2nc(-c3ccc(OCCN4CCN(C(=O)CN)CC4)cc3)nnc2n(C2CCCC2)c1=O. The molecule has 1 aliphatic carbocycles. The Morgan fingerprint density at radius 1 is 1.05 bits per heavy atom. The summed E-state index contributed by atoms with van der Waals surface area (Å²) in [6.07, 6.45) is 3.84. The lowest BCUT2D eigenvalue weighted by molar-refractivity contribution is -0.131. The smallest absolute Gasteiger partial charge is 0.332 e. The van der Waals surface area contributed by atoms with Crippen molar-refractivity contribution in [2.24, 2.45) is 12.8 Å². The molecule has 1 aromatic carbocycles. The monoisotopic (exact) mass is 508 g/mol. The lowest BCUT2D eigenvalue weighted by Gasteiger charge is -2.34. The molecule has 1 amide bonds. The van der Waals surface area contributed by atoms with Crippen LogP contribution < -0.4 is 21.7 Å². The number of nitrogens with zero attached hydrogens (tertiary/aromatic N) is 7. The molecule has 1 aliphatic heterocycles. The van der Waals surface area contributed by atoms with E-state index in [1.54, 1.807) is 9.47 Å². The largest absolute Gasteiger partial charge is 0.492 e. The Morgan fingerprint density at radius 3 is 2.43 bits per heavy atom. The van der Waals surface area contributed by atoms with Crippen LogP contribution in [0.25, 0.3) is 22.6 Å². The summed E-state index contributed by atoms with van der Waals surface area (Å²) in [5.41, 5.74) is 5.68. The summed E-state index contributed by atoms with van der Waals surface area (Å²) in [6.45, 7) is 4.30. The molecule has 37 heavy (non-hydrogen) atoms. The number of aromatic nitrogens is 5. The van der Waals surface area contributed by atoms with Gasteiger partial charge in [-0.15, -0.1) is 10.2 Å². The minimum absolute atomic E-state index is 0.00916. The number of fused-ring (bicyclic) bond motifs is 1. The van der Waals surface area contributed by atoms with Gasteiger partial charge in [-0.05, 0) is 37.1 Å². The average Bonchev–Trinajstić information content (AvgIpc) is 3.47. The molecular formula is C25H32N8O4. The molecule has 1 saturated carbocycles. The van der Waals surface area contributed by atoms with Crippen LogP contribution in [-0.2, 0) is 11.8 Å². The van der Waals surface area contributed by atoms with Crippen LogP contribution in [0.4, 0.5) is 0 Å². The second kappa shape index (κ2) is 10.8. The summed E-state index contributed by atoms with van der Waals surface area (Å²) in [5.74, 6) is 1.02. The molecule has 1 saturated heterocycles. The number of amides is 1. The van der Waals surface area contributed by atoms with Crippen LogP contribution in [0.1, 0.15) is 31.7 Å². The van der Waals surface area contributed by atoms with Crippen LogP contribution in [0.5, 0.6) is 5.75 Å². The highest BCUT2D eigenvalue weighted by Gasteiger charge is 2.24. The van der Waals surface area contributed by atoms with Gasteiger partial charge in [0, 0.05) is 51.4 Å². The van der Waals surface area contributed by atoms with Crippen LogP contribution in [0.2, 0.25) is 0 Å². The van der Waals surface area contributed by atoms with Gasteiger partial charge in [0.2, 0.25) is 5.91 Å². The van der Waals surface area contributed by atoms with Gasteiger partial charge in [0.05, 0.1) is 6.54 Å². The Morgan fingerprint density at radius 2 is 1.76 bits per heavy atom. The Hall–Kier alpha value is -3.64. The van der Waals surface area contributed by atoms with Crippen molar-refractivity contribution in [1.29, 1.82) is 0 Å². The van der Waals surface area contributed by atoms with E-state index in [0.717, 1.165) is 49.9 Å². The lowest BCUT2D eigenvalue weighted by Crippen LogP contribution is -2.50. The molecule has 0 atom stereocenters. The van der Waals surface area contributed by atoms with Crippen LogP contribution >= 0.6 is 0 Å². The molecular weight excluding hydrogens is 476 g/mol. The fraction of sp³-hybridized carbons (Fsp3) is 0.520. The zero-order chi connectivity index (χ0) is 25.9. The van der Waals surface area contributed by atoms with E-state index in [-0.39, 0.29) is 35.3 Å². The van der Waals surface area contributed by atoms with Gasteiger partial charge in [-0.1, -0.05) is 12.8 Å². The number of ether oxygens (including phenoxy) is 1. The molecule has 5 rings (SSSR count). The van der Waals surface area contributed by atoms with Gasteiger partial charge in [-0.25, -0.2) is 9.78 Å². The van der Waals surface area contributed by atoms with Crippen LogP contribution in [0.3, 0.4) is 0 Å². The lowest BCUT2D eigenvalue weighted by atomic mass is 10.2. The maximum absolute atomic E-state index is 12.8. The molecule has 0 unspecified atom stereocenters. The molecule has 0 radical (unpaired) electrons. The summed E-state index contributed by atoms with van der Waals surface area (Å²) in [4.78, 5) is 45.9. The summed E-state index contributed by atoms with van der Waals surface area (Å²) in [5, 5.41) is 8.53. The highest BCUT2D eigenvalue weighted by molar-refractivity contribution is 5.78. The maximum atomic E-state index is 12.8. The second-order valence-electron chi connectivity index (χ2n) is 9.56. The topological polar surface area (TPSA) is 141 Å². The number of piperazine rings is 1. The van der Waals surface area contributed by atoms with Crippen molar-refractivity contribution in [2.45, 2.75) is 31.7 Å². The van der Waals surface area contributed by atoms with E-state index in [9.17, 15) is 14.4 Å². The third-order valence-corrected chi connectivity index (χ3v) is 7.28. The highest BCUT2D eigenvalue weighted by atomic mass is 16.5. The summed E-state index contributed by atoms with van der Waals surface area (Å²) in [6, 6.07) is 7.33. The Kier molecular flexibility index (Phi) is 7.28. The number of hydrogen-bond donors (Lipinski definition) is 1. The molecule has 12 nitrogen and oxygen atoms in total. The van der Waals surface area contributed by atoms with E-state index in [1.165, 1.54) is 7.05 Å². The molecule has 2 aromatic heterocycles. The number of hydrogen-bond acceptors (Lipinski definition) is 9.